The molecule has 0 saturated carbocycles. The zero-order chi connectivity index (χ0) is 14.2. The summed E-state index contributed by atoms with van der Waals surface area (Å²) in [5, 5.41) is 0. The Hall–Kier alpha value is -1.55. The highest BCUT2D eigenvalue weighted by Crippen LogP contribution is 2.22. The average Bonchev–Trinajstić information content (AvgIpc) is 2.39. The van der Waals surface area contributed by atoms with E-state index in [2.05, 4.69) is 15.9 Å². The lowest BCUT2D eigenvalue weighted by atomic mass is 10.0. The quantitative estimate of drug-likeness (QED) is 0.739. The van der Waals surface area contributed by atoms with Crippen molar-refractivity contribution in [3.63, 3.8) is 0 Å². The lowest BCUT2D eigenvalue weighted by Gasteiger charge is -2.07. The van der Waals surface area contributed by atoms with Gasteiger partial charge in [-0.05, 0) is 37.1 Å². The van der Waals surface area contributed by atoms with Gasteiger partial charge >= 0.3 is 0 Å². The van der Waals surface area contributed by atoms with Gasteiger partial charge in [-0.15, -0.1) is 0 Å². The molecule has 4 heteroatoms. The van der Waals surface area contributed by atoms with E-state index in [1.165, 1.54) is 19.1 Å². The number of carbonyl (C=O) groups excluding carboxylic acids is 1. The van der Waals surface area contributed by atoms with Gasteiger partial charge in [0.15, 0.2) is 17.4 Å². The van der Waals surface area contributed by atoms with Gasteiger partial charge in [0.1, 0.15) is 0 Å². The maximum Gasteiger partial charge on any atom is 0.196 e. The van der Waals surface area contributed by atoms with Crippen LogP contribution in [0.15, 0.2) is 34.8 Å². The van der Waals surface area contributed by atoms with Gasteiger partial charge in [0.25, 0.3) is 0 Å². The van der Waals surface area contributed by atoms with E-state index in [1.807, 2.05) is 6.92 Å². The molecule has 0 bridgehead atoms. The van der Waals surface area contributed by atoms with Crippen molar-refractivity contribution < 1.29 is 13.6 Å². The molecule has 0 N–H and O–H groups in total. The van der Waals surface area contributed by atoms with Crippen LogP contribution in [0.3, 0.4) is 0 Å². The molecule has 0 amide bonds. The van der Waals surface area contributed by atoms with Crippen LogP contribution in [0.5, 0.6) is 0 Å². The standard InChI is InChI=1S/C15H11BrF2O/c1-8-3-5-10(7-12(8)16)15(19)11-6-4-9(2)13(17)14(11)18/h3-7H,1-2H3. The Labute approximate surface area is 118 Å². The van der Waals surface area contributed by atoms with E-state index >= 15 is 0 Å². The first kappa shape index (κ1) is 13.9. The van der Waals surface area contributed by atoms with Crippen molar-refractivity contribution in [1.29, 1.82) is 0 Å². The van der Waals surface area contributed by atoms with Crippen molar-refractivity contribution in [2.45, 2.75) is 13.8 Å². The van der Waals surface area contributed by atoms with Crippen molar-refractivity contribution >= 4 is 21.7 Å². The minimum Gasteiger partial charge on any atom is -0.288 e. The molecule has 0 unspecified atom stereocenters. The lowest BCUT2D eigenvalue weighted by Crippen LogP contribution is -2.07. The summed E-state index contributed by atoms with van der Waals surface area (Å²) in [6, 6.07) is 7.66. The highest BCUT2D eigenvalue weighted by Gasteiger charge is 2.18. The maximum atomic E-state index is 13.8. The van der Waals surface area contributed by atoms with Crippen LogP contribution in [0.25, 0.3) is 0 Å². The number of aryl methyl sites for hydroxylation is 2. The minimum absolute atomic E-state index is 0.180. The van der Waals surface area contributed by atoms with Gasteiger partial charge in [-0.3, -0.25) is 4.79 Å². The summed E-state index contributed by atoms with van der Waals surface area (Å²) in [6.07, 6.45) is 0. The molecule has 0 aliphatic heterocycles. The fourth-order valence-corrected chi connectivity index (χ4v) is 2.09. The van der Waals surface area contributed by atoms with Crippen LogP contribution in [0.4, 0.5) is 8.78 Å². The Morgan fingerprint density at radius 2 is 1.63 bits per heavy atom. The molecule has 2 rings (SSSR count). The van der Waals surface area contributed by atoms with Crippen LogP contribution < -0.4 is 0 Å². The summed E-state index contributed by atoms with van der Waals surface area (Å²) < 4.78 is 28.0. The summed E-state index contributed by atoms with van der Waals surface area (Å²) in [5.41, 5.74) is 1.21. The third-order valence-electron chi connectivity index (χ3n) is 2.95. The Morgan fingerprint density at radius 1 is 1.00 bits per heavy atom. The van der Waals surface area contributed by atoms with Crippen molar-refractivity contribution in [3.05, 3.63) is 68.7 Å². The molecule has 0 saturated heterocycles. The number of benzene rings is 2. The van der Waals surface area contributed by atoms with Crippen molar-refractivity contribution in [2.75, 3.05) is 0 Å². The van der Waals surface area contributed by atoms with E-state index < -0.39 is 17.4 Å². The molecule has 0 aliphatic rings. The Morgan fingerprint density at radius 3 is 2.26 bits per heavy atom. The van der Waals surface area contributed by atoms with E-state index in [9.17, 15) is 13.6 Å². The predicted molar refractivity (Wildman–Crippen MR) is 73.4 cm³/mol. The normalized spacial score (nSPS) is 10.6. The van der Waals surface area contributed by atoms with Crippen LogP contribution in [0.1, 0.15) is 27.0 Å². The summed E-state index contributed by atoms with van der Waals surface area (Å²) in [7, 11) is 0. The fraction of sp³-hybridized carbons (Fsp3) is 0.133. The predicted octanol–water partition coefficient (Wildman–Crippen LogP) is 4.58. The number of carbonyl (C=O) groups is 1. The number of rotatable bonds is 2. The van der Waals surface area contributed by atoms with Gasteiger partial charge in [0, 0.05) is 10.0 Å². The van der Waals surface area contributed by atoms with Crippen LogP contribution in [0, 0.1) is 25.5 Å². The van der Waals surface area contributed by atoms with Gasteiger partial charge < -0.3 is 0 Å². The zero-order valence-corrected chi connectivity index (χ0v) is 12.0. The van der Waals surface area contributed by atoms with Gasteiger partial charge in [-0.25, -0.2) is 8.78 Å². The third-order valence-corrected chi connectivity index (χ3v) is 3.81. The molecule has 19 heavy (non-hydrogen) atoms. The Bertz CT molecular complexity index is 665. The monoisotopic (exact) mass is 324 g/mol. The molecular weight excluding hydrogens is 314 g/mol. The summed E-state index contributed by atoms with van der Waals surface area (Å²) >= 11 is 3.31. The first-order chi connectivity index (χ1) is 8.91. The molecule has 0 spiro atoms. The van der Waals surface area contributed by atoms with Crippen LogP contribution in [0.2, 0.25) is 0 Å². The number of halogens is 3. The SMILES string of the molecule is Cc1ccc(C(=O)c2ccc(C)c(F)c2F)cc1Br. The first-order valence-electron chi connectivity index (χ1n) is 5.67. The zero-order valence-electron chi connectivity index (χ0n) is 10.4. The molecule has 0 heterocycles. The molecule has 0 fully saturated rings. The smallest absolute Gasteiger partial charge is 0.196 e. The van der Waals surface area contributed by atoms with E-state index in [4.69, 9.17) is 0 Å². The van der Waals surface area contributed by atoms with E-state index in [0.29, 0.717) is 5.56 Å². The number of hydrogen-bond acceptors (Lipinski definition) is 1. The molecule has 98 valence electrons. The van der Waals surface area contributed by atoms with Crippen molar-refractivity contribution in [2.24, 2.45) is 0 Å². The second kappa shape index (κ2) is 5.21. The molecule has 2 aromatic carbocycles. The van der Waals surface area contributed by atoms with Crippen LogP contribution in [-0.4, -0.2) is 5.78 Å². The maximum absolute atomic E-state index is 13.8. The van der Waals surface area contributed by atoms with Crippen LogP contribution in [-0.2, 0) is 0 Å². The molecule has 1 nitrogen and oxygen atoms in total. The summed E-state index contributed by atoms with van der Waals surface area (Å²) in [5.74, 6) is -2.60. The molecule has 0 radical (unpaired) electrons. The second-order valence-corrected chi connectivity index (χ2v) is 5.21. The number of ketones is 1. The highest BCUT2D eigenvalue weighted by molar-refractivity contribution is 9.10. The second-order valence-electron chi connectivity index (χ2n) is 4.35. The molecule has 2 aromatic rings. The Kier molecular flexibility index (Phi) is 3.80. The largest absolute Gasteiger partial charge is 0.288 e. The van der Waals surface area contributed by atoms with E-state index in [-0.39, 0.29) is 11.1 Å². The van der Waals surface area contributed by atoms with Crippen molar-refractivity contribution in [3.8, 4) is 0 Å². The molecular formula is C15H11BrF2O. The van der Waals surface area contributed by atoms with Gasteiger partial charge in [-0.1, -0.05) is 34.1 Å². The van der Waals surface area contributed by atoms with Gasteiger partial charge in [0.2, 0.25) is 0 Å². The van der Waals surface area contributed by atoms with Crippen molar-refractivity contribution in [1.82, 2.24) is 0 Å². The average molecular weight is 325 g/mol. The van der Waals surface area contributed by atoms with E-state index in [1.54, 1.807) is 18.2 Å². The topological polar surface area (TPSA) is 17.1 Å². The minimum atomic E-state index is -1.10. The van der Waals surface area contributed by atoms with Crippen LogP contribution >= 0.6 is 15.9 Å². The number of hydrogen-bond donors (Lipinski definition) is 0. The molecule has 0 aromatic heterocycles. The van der Waals surface area contributed by atoms with E-state index in [0.717, 1.165) is 10.0 Å². The first-order valence-corrected chi connectivity index (χ1v) is 6.46. The summed E-state index contributed by atoms with van der Waals surface area (Å²) in [4.78, 5) is 12.2. The summed E-state index contributed by atoms with van der Waals surface area (Å²) in [6.45, 7) is 3.33. The van der Waals surface area contributed by atoms with Gasteiger partial charge in [-0.2, -0.15) is 0 Å². The Balaban J connectivity index is 2.50. The van der Waals surface area contributed by atoms with Gasteiger partial charge in [0.05, 0.1) is 5.56 Å². The molecule has 0 aliphatic carbocycles. The highest BCUT2D eigenvalue weighted by atomic mass is 79.9. The fourth-order valence-electron chi connectivity index (χ4n) is 1.71. The molecule has 0 atom stereocenters. The lowest BCUT2D eigenvalue weighted by molar-refractivity contribution is 0.103. The third kappa shape index (κ3) is 2.59.